The van der Waals surface area contributed by atoms with Crippen LogP contribution in [-0.2, 0) is 0 Å². The maximum atomic E-state index is 5.91. The normalized spacial score (nSPS) is 11.5. The first-order chi connectivity index (χ1) is 6.13. The molecule has 0 amide bonds. The number of nitrogens with zero attached hydrogens (tertiary/aromatic N) is 1. The molecule has 6 heteroatoms. The van der Waals surface area contributed by atoms with E-state index in [-0.39, 0.29) is 5.96 Å². The van der Waals surface area contributed by atoms with Gasteiger partial charge in [0.25, 0.3) is 0 Å². The number of rotatable bonds is 1. The van der Waals surface area contributed by atoms with E-state index in [0.717, 1.165) is 4.47 Å². The second-order valence-electron chi connectivity index (χ2n) is 2.22. The predicted octanol–water partition coefficient (Wildman–Crippen LogP) is 3.14. The SMILES string of the molecule is NC(=NBr)Nc1ccc(Br)cc1Cl. The summed E-state index contributed by atoms with van der Waals surface area (Å²) in [7, 11) is 0. The van der Waals surface area contributed by atoms with Crippen LogP contribution in [0.4, 0.5) is 5.69 Å². The van der Waals surface area contributed by atoms with Gasteiger partial charge in [-0.15, -0.1) is 0 Å². The third-order valence-electron chi connectivity index (χ3n) is 1.28. The third kappa shape index (κ3) is 3.17. The Morgan fingerprint density at radius 1 is 1.54 bits per heavy atom. The zero-order chi connectivity index (χ0) is 9.84. The van der Waals surface area contributed by atoms with Crippen molar-refractivity contribution in [3.8, 4) is 0 Å². The maximum Gasteiger partial charge on any atom is 0.205 e. The minimum Gasteiger partial charge on any atom is -0.369 e. The average molecular weight is 327 g/mol. The van der Waals surface area contributed by atoms with Crippen molar-refractivity contribution in [3.63, 3.8) is 0 Å². The molecular formula is C7H6Br2ClN3. The van der Waals surface area contributed by atoms with Crippen molar-refractivity contribution in [1.29, 1.82) is 0 Å². The van der Waals surface area contributed by atoms with Gasteiger partial charge in [-0.2, -0.15) is 4.02 Å². The van der Waals surface area contributed by atoms with E-state index < -0.39 is 0 Å². The summed E-state index contributed by atoms with van der Waals surface area (Å²) in [5, 5.41) is 3.39. The first kappa shape index (κ1) is 10.8. The molecule has 0 aliphatic heterocycles. The number of halogens is 3. The Kier molecular flexibility index (Phi) is 4.02. The lowest BCUT2D eigenvalue weighted by molar-refractivity contribution is 1.54. The molecule has 0 aliphatic rings. The largest absolute Gasteiger partial charge is 0.369 e. The van der Waals surface area contributed by atoms with Crippen LogP contribution in [0.15, 0.2) is 26.7 Å². The number of nitrogens with two attached hydrogens (primary N) is 1. The third-order valence-corrected chi connectivity index (χ3v) is 2.47. The van der Waals surface area contributed by atoms with E-state index in [4.69, 9.17) is 17.3 Å². The highest BCUT2D eigenvalue weighted by molar-refractivity contribution is 9.10. The summed E-state index contributed by atoms with van der Waals surface area (Å²) in [5.41, 5.74) is 6.15. The van der Waals surface area contributed by atoms with Gasteiger partial charge in [-0.1, -0.05) is 27.5 Å². The molecule has 0 atom stereocenters. The topological polar surface area (TPSA) is 50.4 Å². The van der Waals surface area contributed by atoms with Gasteiger partial charge in [-0.3, -0.25) is 0 Å². The average Bonchev–Trinajstić information content (AvgIpc) is 2.09. The molecule has 0 spiro atoms. The first-order valence-corrected chi connectivity index (χ1v) is 5.18. The van der Waals surface area contributed by atoms with Gasteiger partial charge in [0.2, 0.25) is 5.96 Å². The van der Waals surface area contributed by atoms with Crippen LogP contribution in [0.3, 0.4) is 0 Å². The Hall–Kier alpha value is -0.260. The van der Waals surface area contributed by atoms with Crippen LogP contribution < -0.4 is 11.1 Å². The zero-order valence-electron chi connectivity index (χ0n) is 6.39. The van der Waals surface area contributed by atoms with Gasteiger partial charge in [-0.05, 0) is 18.2 Å². The van der Waals surface area contributed by atoms with Crippen molar-refractivity contribution < 1.29 is 0 Å². The van der Waals surface area contributed by atoms with E-state index >= 15 is 0 Å². The Bertz CT molecular complexity index is 341. The summed E-state index contributed by atoms with van der Waals surface area (Å²) < 4.78 is 4.49. The van der Waals surface area contributed by atoms with E-state index in [9.17, 15) is 0 Å². The number of nitrogens with one attached hydrogen (secondary N) is 1. The van der Waals surface area contributed by atoms with Crippen molar-refractivity contribution in [1.82, 2.24) is 0 Å². The van der Waals surface area contributed by atoms with Crippen LogP contribution in [0.2, 0.25) is 5.02 Å². The lowest BCUT2D eigenvalue weighted by Gasteiger charge is -2.06. The van der Waals surface area contributed by atoms with E-state index in [1.165, 1.54) is 0 Å². The maximum absolute atomic E-state index is 5.91. The Balaban J connectivity index is 2.90. The van der Waals surface area contributed by atoms with Crippen LogP contribution in [-0.4, -0.2) is 5.96 Å². The van der Waals surface area contributed by atoms with Gasteiger partial charge in [0.05, 0.1) is 26.9 Å². The highest BCUT2D eigenvalue weighted by Crippen LogP contribution is 2.25. The minimum atomic E-state index is 0.254. The number of benzene rings is 1. The summed E-state index contributed by atoms with van der Waals surface area (Å²) in [5.74, 6) is 0.254. The lowest BCUT2D eigenvalue weighted by Crippen LogP contribution is -2.21. The Morgan fingerprint density at radius 3 is 2.77 bits per heavy atom. The molecule has 1 rings (SSSR count). The van der Waals surface area contributed by atoms with Crippen molar-refractivity contribution in [2.24, 2.45) is 9.75 Å². The van der Waals surface area contributed by atoms with Crippen LogP contribution in [0.5, 0.6) is 0 Å². The molecule has 3 nitrogen and oxygen atoms in total. The van der Waals surface area contributed by atoms with E-state index in [0.29, 0.717) is 10.7 Å². The van der Waals surface area contributed by atoms with Crippen LogP contribution in [0.25, 0.3) is 0 Å². The molecule has 0 heterocycles. The highest BCUT2D eigenvalue weighted by atomic mass is 79.9. The minimum absolute atomic E-state index is 0.254. The molecule has 13 heavy (non-hydrogen) atoms. The quantitative estimate of drug-likeness (QED) is 0.615. The molecule has 0 saturated heterocycles. The summed E-state index contributed by atoms with van der Waals surface area (Å²) in [6.07, 6.45) is 0. The molecule has 0 fully saturated rings. The second-order valence-corrected chi connectivity index (χ2v) is 3.90. The van der Waals surface area contributed by atoms with E-state index in [1.54, 1.807) is 12.1 Å². The molecule has 0 unspecified atom stereocenters. The van der Waals surface area contributed by atoms with E-state index in [2.05, 4.69) is 41.4 Å². The number of hydrogen-bond donors (Lipinski definition) is 2. The Morgan fingerprint density at radius 2 is 2.23 bits per heavy atom. The second kappa shape index (κ2) is 4.83. The van der Waals surface area contributed by atoms with Gasteiger partial charge in [0.15, 0.2) is 0 Å². The van der Waals surface area contributed by atoms with Gasteiger partial charge >= 0.3 is 0 Å². The molecular weight excluding hydrogens is 321 g/mol. The smallest absolute Gasteiger partial charge is 0.205 e. The molecule has 1 aromatic carbocycles. The van der Waals surface area contributed by atoms with Gasteiger partial charge in [0.1, 0.15) is 0 Å². The number of anilines is 1. The zero-order valence-corrected chi connectivity index (χ0v) is 10.3. The van der Waals surface area contributed by atoms with Gasteiger partial charge in [0, 0.05) is 4.47 Å². The number of hydrogen-bond acceptors (Lipinski definition) is 1. The first-order valence-electron chi connectivity index (χ1n) is 3.30. The van der Waals surface area contributed by atoms with Crippen LogP contribution in [0, 0.1) is 0 Å². The monoisotopic (exact) mass is 325 g/mol. The predicted molar refractivity (Wildman–Crippen MR) is 63.3 cm³/mol. The fourth-order valence-corrected chi connectivity index (χ4v) is 1.56. The summed E-state index contributed by atoms with van der Waals surface area (Å²) in [6.45, 7) is 0. The molecule has 70 valence electrons. The number of guanidine groups is 1. The molecule has 0 radical (unpaired) electrons. The fourth-order valence-electron chi connectivity index (χ4n) is 0.750. The molecule has 3 N–H and O–H groups in total. The summed E-state index contributed by atoms with van der Waals surface area (Å²) in [4.78, 5) is 0. The van der Waals surface area contributed by atoms with Crippen molar-refractivity contribution in [3.05, 3.63) is 27.7 Å². The summed E-state index contributed by atoms with van der Waals surface area (Å²) in [6, 6.07) is 5.43. The van der Waals surface area contributed by atoms with Gasteiger partial charge < -0.3 is 11.1 Å². The standard InChI is InChI=1S/C7H6Br2ClN3/c8-4-1-2-6(5(10)3-4)12-7(11)13-9/h1-3H,(H3,11,12,13). The molecule has 0 bridgehead atoms. The van der Waals surface area contributed by atoms with Crippen LogP contribution >= 0.6 is 43.7 Å². The van der Waals surface area contributed by atoms with Crippen molar-refractivity contribution in [2.45, 2.75) is 0 Å². The Labute approximate surface area is 97.8 Å². The molecule has 0 aliphatic carbocycles. The highest BCUT2D eigenvalue weighted by Gasteiger charge is 2.01. The van der Waals surface area contributed by atoms with Gasteiger partial charge in [-0.25, -0.2) is 0 Å². The molecule has 0 aromatic heterocycles. The van der Waals surface area contributed by atoms with Crippen molar-refractivity contribution >= 4 is 55.3 Å². The molecule has 0 saturated carbocycles. The van der Waals surface area contributed by atoms with E-state index in [1.807, 2.05) is 6.07 Å². The molecule has 1 aromatic rings. The summed E-state index contributed by atoms with van der Waals surface area (Å²) >= 11 is 12.1. The fraction of sp³-hybridized carbons (Fsp3) is 0. The van der Waals surface area contributed by atoms with Crippen molar-refractivity contribution in [2.75, 3.05) is 5.32 Å². The lowest BCUT2D eigenvalue weighted by atomic mass is 10.3. The van der Waals surface area contributed by atoms with Crippen LogP contribution in [0.1, 0.15) is 0 Å².